The van der Waals surface area contributed by atoms with Crippen molar-refractivity contribution in [2.24, 2.45) is 0 Å². The van der Waals surface area contributed by atoms with Crippen LogP contribution in [0, 0.1) is 5.82 Å². The summed E-state index contributed by atoms with van der Waals surface area (Å²) in [6.07, 6.45) is 2.66. The lowest BCUT2D eigenvalue weighted by Gasteiger charge is -2.12. The van der Waals surface area contributed by atoms with Crippen molar-refractivity contribution in [3.63, 3.8) is 0 Å². The number of hydrogen-bond donors (Lipinski definition) is 1. The van der Waals surface area contributed by atoms with E-state index in [9.17, 15) is 9.18 Å². The Morgan fingerprint density at radius 3 is 2.80 bits per heavy atom. The van der Waals surface area contributed by atoms with Gasteiger partial charge in [-0.3, -0.25) is 4.79 Å². The van der Waals surface area contributed by atoms with Gasteiger partial charge in [0, 0.05) is 17.8 Å². The summed E-state index contributed by atoms with van der Waals surface area (Å²) < 4.78 is 20.1. The molecule has 0 aliphatic heterocycles. The molecule has 6 nitrogen and oxygen atoms in total. The minimum absolute atomic E-state index is 0.0786. The van der Waals surface area contributed by atoms with E-state index in [-0.39, 0.29) is 24.3 Å². The third-order valence-electron chi connectivity index (χ3n) is 3.91. The molecule has 3 rings (SSSR count). The highest BCUT2D eigenvalue weighted by Gasteiger charge is 2.16. The minimum Gasteiger partial charge on any atom is -0.352 e. The van der Waals surface area contributed by atoms with Gasteiger partial charge in [-0.25, -0.2) is 4.39 Å². The van der Waals surface area contributed by atoms with Crippen molar-refractivity contribution in [2.75, 3.05) is 0 Å². The molecule has 1 N–H and O–H groups in total. The standard InChI is InChI=1S/C18H19FN4O2/c1-3-12(2)20-16(24)11-23-10-4-5-15(23)18-21-17(22-25-18)13-6-8-14(19)9-7-13/h4-10,12H,3,11H2,1-2H3,(H,20,24)/t12-/m1/s1. The van der Waals surface area contributed by atoms with E-state index in [0.29, 0.717) is 23.0 Å². The van der Waals surface area contributed by atoms with E-state index in [4.69, 9.17) is 4.52 Å². The van der Waals surface area contributed by atoms with Crippen LogP contribution < -0.4 is 5.32 Å². The third-order valence-corrected chi connectivity index (χ3v) is 3.91. The molecule has 1 atom stereocenters. The van der Waals surface area contributed by atoms with Crippen molar-refractivity contribution in [1.82, 2.24) is 20.0 Å². The van der Waals surface area contributed by atoms with E-state index in [1.807, 2.05) is 19.9 Å². The largest absolute Gasteiger partial charge is 0.352 e. The number of halogens is 1. The monoisotopic (exact) mass is 342 g/mol. The first-order valence-corrected chi connectivity index (χ1v) is 8.11. The topological polar surface area (TPSA) is 73.0 Å². The Kier molecular flexibility index (Phi) is 4.92. The summed E-state index contributed by atoms with van der Waals surface area (Å²) in [5.74, 6) is 0.270. The maximum Gasteiger partial charge on any atom is 0.274 e. The molecule has 0 radical (unpaired) electrons. The highest BCUT2D eigenvalue weighted by Crippen LogP contribution is 2.23. The average molecular weight is 342 g/mol. The van der Waals surface area contributed by atoms with Gasteiger partial charge in [-0.05, 0) is 49.7 Å². The van der Waals surface area contributed by atoms with Crippen LogP contribution in [0.2, 0.25) is 0 Å². The Morgan fingerprint density at radius 2 is 2.08 bits per heavy atom. The number of aromatic nitrogens is 3. The Balaban J connectivity index is 1.78. The summed E-state index contributed by atoms with van der Waals surface area (Å²) in [5.41, 5.74) is 1.31. The first kappa shape index (κ1) is 16.9. The summed E-state index contributed by atoms with van der Waals surface area (Å²) in [6, 6.07) is 9.60. The van der Waals surface area contributed by atoms with E-state index in [1.165, 1.54) is 12.1 Å². The van der Waals surface area contributed by atoms with E-state index >= 15 is 0 Å². The lowest BCUT2D eigenvalue weighted by Crippen LogP contribution is -2.34. The summed E-state index contributed by atoms with van der Waals surface area (Å²) in [7, 11) is 0. The molecular weight excluding hydrogens is 323 g/mol. The van der Waals surface area contributed by atoms with Crippen molar-refractivity contribution in [2.45, 2.75) is 32.9 Å². The fourth-order valence-electron chi connectivity index (χ4n) is 2.37. The van der Waals surface area contributed by atoms with Gasteiger partial charge < -0.3 is 14.4 Å². The van der Waals surface area contributed by atoms with E-state index < -0.39 is 0 Å². The first-order chi connectivity index (χ1) is 12.1. The SMILES string of the molecule is CC[C@@H](C)NC(=O)Cn1cccc1-c1nc(-c2ccc(F)cc2)no1. The molecular formula is C18H19FN4O2. The van der Waals surface area contributed by atoms with Crippen LogP contribution in [0.1, 0.15) is 20.3 Å². The van der Waals surface area contributed by atoms with Gasteiger partial charge in [0.1, 0.15) is 18.1 Å². The molecule has 1 aromatic carbocycles. The predicted molar refractivity (Wildman–Crippen MR) is 91.0 cm³/mol. The number of carbonyl (C=O) groups excluding carboxylic acids is 1. The van der Waals surface area contributed by atoms with Gasteiger partial charge in [0.05, 0.1) is 0 Å². The van der Waals surface area contributed by atoms with Crippen LogP contribution in [0.3, 0.4) is 0 Å². The lowest BCUT2D eigenvalue weighted by atomic mass is 10.2. The zero-order valence-corrected chi connectivity index (χ0v) is 14.1. The van der Waals surface area contributed by atoms with Crippen LogP contribution in [0.4, 0.5) is 4.39 Å². The molecule has 0 saturated heterocycles. The number of hydrogen-bond acceptors (Lipinski definition) is 4. The van der Waals surface area contributed by atoms with Crippen molar-refractivity contribution in [3.8, 4) is 23.0 Å². The molecule has 7 heteroatoms. The average Bonchev–Trinajstić information content (AvgIpc) is 3.24. The predicted octanol–water partition coefficient (Wildman–Crippen LogP) is 3.26. The maximum absolute atomic E-state index is 13.0. The maximum atomic E-state index is 13.0. The second kappa shape index (κ2) is 7.29. The molecule has 2 aromatic heterocycles. The Hall–Kier alpha value is -2.96. The summed E-state index contributed by atoms with van der Waals surface area (Å²) in [5, 5.41) is 6.85. The van der Waals surface area contributed by atoms with Gasteiger partial charge in [0.2, 0.25) is 11.7 Å². The molecule has 0 bridgehead atoms. The smallest absolute Gasteiger partial charge is 0.274 e. The van der Waals surface area contributed by atoms with Crippen molar-refractivity contribution in [1.29, 1.82) is 0 Å². The molecule has 0 aliphatic carbocycles. The molecule has 1 amide bonds. The zero-order valence-electron chi connectivity index (χ0n) is 14.1. The Labute approximate surface area is 144 Å². The van der Waals surface area contributed by atoms with Crippen LogP contribution in [0.15, 0.2) is 47.1 Å². The summed E-state index contributed by atoms with van der Waals surface area (Å²) in [6.45, 7) is 4.14. The molecule has 0 unspecified atom stereocenters. The Morgan fingerprint density at radius 1 is 1.32 bits per heavy atom. The molecule has 130 valence electrons. The molecule has 2 heterocycles. The zero-order chi connectivity index (χ0) is 17.8. The van der Waals surface area contributed by atoms with Crippen molar-refractivity contribution < 1.29 is 13.7 Å². The van der Waals surface area contributed by atoms with E-state index in [0.717, 1.165) is 6.42 Å². The second-order valence-corrected chi connectivity index (χ2v) is 5.83. The fourth-order valence-corrected chi connectivity index (χ4v) is 2.37. The van der Waals surface area contributed by atoms with Crippen LogP contribution in [0.25, 0.3) is 23.0 Å². The van der Waals surface area contributed by atoms with Crippen LogP contribution >= 0.6 is 0 Å². The molecule has 0 fully saturated rings. The first-order valence-electron chi connectivity index (χ1n) is 8.11. The highest BCUT2D eigenvalue weighted by molar-refractivity contribution is 5.76. The number of benzene rings is 1. The number of rotatable bonds is 6. The quantitative estimate of drug-likeness (QED) is 0.746. The lowest BCUT2D eigenvalue weighted by molar-refractivity contribution is -0.122. The van der Waals surface area contributed by atoms with Crippen molar-refractivity contribution in [3.05, 3.63) is 48.4 Å². The molecule has 25 heavy (non-hydrogen) atoms. The van der Waals surface area contributed by atoms with Crippen LogP contribution in [-0.4, -0.2) is 26.7 Å². The summed E-state index contributed by atoms with van der Waals surface area (Å²) >= 11 is 0. The number of carbonyl (C=O) groups is 1. The van der Waals surface area contributed by atoms with Gasteiger partial charge in [-0.2, -0.15) is 4.98 Å². The summed E-state index contributed by atoms with van der Waals surface area (Å²) in [4.78, 5) is 16.4. The highest BCUT2D eigenvalue weighted by atomic mass is 19.1. The molecule has 0 spiro atoms. The van der Waals surface area contributed by atoms with Crippen LogP contribution in [-0.2, 0) is 11.3 Å². The number of nitrogens with one attached hydrogen (secondary N) is 1. The van der Waals surface area contributed by atoms with E-state index in [2.05, 4.69) is 15.5 Å². The minimum atomic E-state index is -0.325. The van der Waals surface area contributed by atoms with Gasteiger partial charge >= 0.3 is 0 Å². The van der Waals surface area contributed by atoms with E-state index in [1.54, 1.807) is 29.0 Å². The van der Waals surface area contributed by atoms with Gasteiger partial charge in [-0.1, -0.05) is 12.1 Å². The Bertz CT molecular complexity index is 854. The second-order valence-electron chi connectivity index (χ2n) is 5.83. The normalized spacial score (nSPS) is 12.1. The molecule has 3 aromatic rings. The van der Waals surface area contributed by atoms with Gasteiger partial charge in [0.25, 0.3) is 5.89 Å². The third kappa shape index (κ3) is 3.93. The fraction of sp³-hybridized carbons (Fsp3) is 0.278. The van der Waals surface area contributed by atoms with Crippen molar-refractivity contribution >= 4 is 5.91 Å². The number of amides is 1. The number of nitrogens with zero attached hydrogens (tertiary/aromatic N) is 3. The van der Waals surface area contributed by atoms with Gasteiger partial charge in [-0.15, -0.1) is 0 Å². The van der Waals surface area contributed by atoms with Crippen LogP contribution in [0.5, 0.6) is 0 Å². The molecule has 0 saturated carbocycles. The molecule has 0 aliphatic rings. The van der Waals surface area contributed by atoms with Gasteiger partial charge in [0.15, 0.2) is 0 Å².